The fourth-order valence-electron chi connectivity index (χ4n) is 9.33. The Morgan fingerprint density at radius 2 is 0.912 bits per heavy atom. The minimum Gasteiger partial charge on any atom is -0.228 e. The first kappa shape index (κ1) is 33.2. The second kappa shape index (κ2) is 13.0. The predicted molar refractivity (Wildman–Crippen MR) is 239 cm³/mol. The third-order valence-corrected chi connectivity index (χ3v) is 12.1. The highest BCUT2D eigenvalue weighted by molar-refractivity contribution is 6.22. The van der Waals surface area contributed by atoms with Crippen molar-refractivity contribution in [2.45, 2.75) is 19.3 Å². The molecular formula is C55H38N2. The van der Waals surface area contributed by atoms with E-state index in [9.17, 15) is 0 Å². The lowest BCUT2D eigenvalue weighted by Gasteiger charge is -2.22. The molecule has 57 heavy (non-hydrogen) atoms. The molecule has 0 aliphatic heterocycles. The Kier molecular flexibility index (Phi) is 7.55. The van der Waals surface area contributed by atoms with Crippen LogP contribution in [-0.4, -0.2) is 9.97 Å². The summed E-state index contributed by atoms with van der Waals surface area (Å²) >= 11 is 0. The first-order valence-electron chi connectivity index (χ1n) is 19.7. The summed E-state index contributed by atoms with van der Waals surface area (Å²) in [5, 5.41) is 7.19. The van der Waals surface area contributed by atoms with E-state index in [1.807, 2.05) is 6.07 Å². The first-order valence-corrected chi connectivity index (χ1v) is 19.7. The third-order valence-electron chi connectivity index (χ3n) is 12.1. The van der Waals surface area contributed by atoms with Gasteiger partial charge in [0.1, 0.15) is 0 Å². The maximum atomic E-state index is 5.40. The van der Waals surface area contributed by atoms with Crippen LogP contribution in [0.1, 0.15) is 25.0 Å². The minimum absolute atomic E-state index is 0.0695. The molecule has 9 aromatic carbocycles. The Hall–Kier alpha value is -7.16. The monoisotopic (exact) mass is 726 g/mol. The molecule has 1 aliphatic carbocycles. The van der Waals surface area contributed by atoms with Gasteiger partial charge in [0.25, 0.3) is 0 Å². The molecule has 0 amide bonds. The van der Waals surface area contributed by atoms with Crippen molar-refractivity contribution in [1.82, 2.24) is 9.97 Å². The van der Waals surface area contributed by atoms with E-state index in [0.717, 1.165) is 38.9 Å². The zero-order valence-electron chi connectivity index (χ0n) is 31.9. The van der Waals surface area contributed by atoms with Crippen molar-refractivity contribution in [1.29, 1.82) is 0 Å². The topological polar surface area (TPSA) is 25.8 Å². The molecule has 0 saturated carbocycles. The fraction of sp³-hybridized carbons (Fsp3) is 0.0545. The van der Waals surface area contributed by atoms with Crippen molar-refractivity contribution in [3.63, 3.8) is 0 Å². The molecule has 1 aromatic heterocycles. The number of hydrogen-bond donors (Lipinski definition) is 0. The van der Waals surface area contributed by atoms with Gasteiger partial charge in [0.05, 0.1) is 11.4 Å². The van der Waals surface area contributed by atoms with Crippen LogP contribution in [0, 0.1) is 0 Å². The van der Waals surface area contributed by atoms with Crippen molar-refractivity contribution in [3.8, 4) is 67.3 Å². The lowest BCUT2D eigenvalue weighted by molar-refractivity contribution is 0.660. The van der Waals surface area contributed by atoms with E-state index in [0.29, 0.717) is 5.82 Å². The van der Waals surface area contributed by atoms with E-state index in [1.54, 1.807) is 0 Å². The number of fused-ring (bicyclic) bond motifs is 6. The van der Waals surface area contributed by atoms with Crippen LogP contribution >= 0.6 is 0 Å². The highest BCUT2D eigenvalue weighted by Crippen LogP contribution is 2.51. The maximum absolute atomic E-state index is 5.40. The Morgan fingerprint density at radius 1 is 0.333 bits per heavy atom. The lowest BCUT2D eigenvalue weighted by atomic mass is 9.81. The van der Waals surface area contributed by atoms with E-state index in [-0.39, 0.29) is 5.41 Å². The minimum atomic E-state index is -0.0695. The molecule has 11 rings (SSSR count). The van der Waals surface area contributed by atoms with Gasteiger partial charge in [-0.1, -0.05) is 190 Å². The van der Waals surface area contributed by atoms with Crippen LogP contribution in [0.15, 0.2) is 194 Å². The lowest BCUT2D eigenvalue weighted by Crippen LogP contribution is -2.14. The van der Waals surface area contributed by atoms with Crippen LogP contribution in [0.2, 0.25) is 0 Å². The molecule has 2 heteroatoms. The van der Waals surface area contributed by atoms with Gasteiger partial charge in [-0.05, 0) is 95.0 Å². The van der Waals surface area contributed by atoms with Gasteiger partial charge < -0.3 is 0 Å². The Bertz CT molecular complexity index is 3130. The summed E-state index contributed by atoms with van der Waals surface area (Å²) in [6, 6.07) is 70.3. The summed E-state index contributed by atoms with van der Waals surface area (Å²) < 4.78 is 0. The molecule has 1 heterocycles. The van der Waals surface area contributed by atoms with Gasteiger partial charge in [0.2, 0.25) is 0 Å². The molecule has 0 atom stereocenters. The first-order chi connectivity index (χ1) is 28.0. The Labute approximate surface area is 332 Å². The Morgan fingerprint density at radius 3 is 1.72 bits per heavy atom. The van der Waals surface area contributed by atoms with Crippen molar-refractivity contribution < 1.29 is 0 Å². The predicted octanol–water partition coefficient (Wildman–Crippen LogP) is 14.6. The summed E-state index contributed by atoms with van der Waals surface area (Å²) in [5.41, 5.74) is 15.1. The zero-order valence-corrected chi connectivity index (χ0v) is 31.9. The van der Waals surface area contributed by atoms with Crippen LogP contribution in [0.5, 0.6) is 0 Å². The van der Waals surface area contributed by atoms with E-state index < -0.39 is 0 Å². The molecule has 0 bridgehead atoms. The zero-order chi connectivity index (χ0) is 38.1. The second-order valence-corrected chi connectivity index (χ2v) is 15.7. The van der Waals surface area contributed by atoms with E-state index in [1.165, 1.54) is 66.1 Å². The number of nitrogens with zero attached hydrogens (tertiary/aromatic N) is 2. The summed E-state index contributed by atoms with van der Waals surface area (Å²) in [6.45, 7) is 4.70. The van der Waals surface area contributed by atoms with Crippen LogP contribution in [0.3, 0.4) is 0 Å². The summed E-state index contributed by atoms with van der Waals surface area (Å²) in [7, 11) is 0. The molecule has 0 unspecified atom stereocenters. The van der Waals surface area contributed by atoms with Gasteiger partial charge in [0.15, 0.2) is 5.82 Å². The molecule has 0 fully saturated rings. The molecular weight excluding hydrogens is 689 g/mol. The van der Waals surface area contributed by atoms with Gasteiger partial charge in [-0.3, -0.25) is 0 Å². The van der Waals surface area contributed by atoms with E-state index in [4.69, 9.17) is 9.97 Å². The quantitative estimate of drug-likeness (QED) is 0.165. The molecule has 268 valence electrons. The van der Waals surface area contributed by atoms with Gasteiger partial charge in [0, 0.05) is 22.1 Å². The number of hydrogen-bond acceptors (Lipinski definition) is 2. The average molecular weight is 727 g/mol. The number of benzene rings is 9. The van der Waals surface area contributed by atoms with Crippen molar-refractivity contribution in [2.24, 2.45) is 0 Å². The molecule has 0 spiro atoms. The van der Waals surface area contributed by atoms with Gasteiger partial charge >= 0.3 is 0 Å². The molecule has 1 aliphatic rings. The number of aromatic nitrogens is 2. The summed E-state index contributed by atoms with van der Waals surface area (Å²) in [6.07, 6.45) is 0. The van der Waals surface area contributed by atoms with E-state index in [2.05, 4.69) is 202 Å². The van der Waals surface area contributed by atoms with Gasteiger partial charge in [-0.2, -0.15) is 0 Å². The van der Waals surface area contributed by atoms with E-state index >= 15 is 0 Å². The van der Waals surface area contributed by atoms with Gasteiger partial charge in [-0.15, -0.1) is 0 Å². The normalized spacial score (nSPS) is 12.9. The average Bonchev–Trinajstić information content (AvgIpc) is 3.50. The van der Waals surface area contributed by atoms with Crippen LogP contribution < -0.4 is 0 Å². The maximum Gasteiger partial charge on any atom is 0.160 e. The summed E-state index contributed by atoms with van der Waals surface area (Å²) in [4.78, 5) is 10.6. The third kappa shape index (κ3) is 5.33. The molecule has 10 aromatic rings. The highest BCUT2D eigenvalue weighted by Gasteiger charge is 2.35. The van der Waals surface area contributed by atoms with Crippen LogP contribution in [-0.2, 0) is 5.41 Å². The molecule has 0 N–H and O–H groups in total. The highest BCUT2D eigenvalue weighted by atomic mass is 14.9. The summed E-state index contributed by atoms with van der Waals surface area (Å²) in [5.74, 6) is 0.709. The standard InChI is InChI=1S/C55H38N2/c1-55(2)48-27-14-13-23-42(48)46-33-39(29-31-49(46)55)52-43-24-11-12-25-44(43)53(45-30-28-38(32-47(45)52)41-26-15-21-35-16-9-10-22-40(35)41)51-34-50(36-17-5-3-6-18-36)56-54(57-51)37-19-7-4-8-20-37/h3-34H,1-2H3. The molecule has 0 radical (unpaired) electrons. The largest absolute Gasteiger partial charge is 0.228 e. The van der Waals surface area contributed by atoms with Crippen molar-refractivity contribution in [2.75, 3.05) is 0 Å². The van der Waals surface area contributed by atoms with Crippen molar-refractivity contribution >= 4 is 32.3 Å². The van der Waals surface area contributed by atoms with Crippen molar-refractivity contribution in [3.05, 3.63) is 205 Å². The second-order valence-electron chi connectivity index (χ2n) is 15.7. The smallest absolute Gasteiger partial charge is 0.160 e. The van der Waals surface area contributed by atoms with Crippen LogP contribution in [0.25, 0.3) is 99.6 Å². The molecule has 2 nitrogen and oxygen atoms in total. The van der Waals surface area contributed by atoms with Crippen LogP contribution in [0.4, 0.5) is 0 Å². The molecule has 0 saturated heterocycles. The number of rotatable bonds is 5. The Balaban J connectivity index is 1.25. The fourth-order valence-corrected chi connectivity index (χ4v) is 9.33. The van der Waals surface area contributed by atoms with Gasteiger partial charge in [-0.25, -0.2) is 9.97 Å². The SMILES string of the molecule is CC1(C)c2ccccc2-c2cc(-c3c4ccccc4c(-c4cc(-c5ccccc5)nc(-c5ccccc5)n4)c4ccc(-c5cccc6ccccc56)cc34)ccc21.